The van der Waals surface area contributed by atoms with Gasteiger partial charge in [-0.2, -0.15) is 0 Å². The van der Waals surface area contributed by atoms with Crippen LogP contribution >= 0.6 is 0 Å². The summed E-state index contributed by atoms with van der Waals surface area (Å²) in [6, 6.07) is 4.78. The van der Waals surface area contributed by atoms with Crippen molar-refractivity contribution in [2.75, 3.05) is 12.4 Å². The van der Waals surface area contributed by atoms with E-state index in [1.54, 1.807) is 18.2 Å². The molecule has 1 N–H and O–H groups in total. The molecule has 1 aromatic rings. The number of Topliss-reactive ketones (excluding diaryl/α,β-unsaturated/α-hetero) is 1. The summed E-state index contributed by atoms with van der Waals surface area (Å²) in [7, 11) is 1.47. The van der Waals surface area contributed by atoms with Gasteiger partial charge in [-0.05, 0) is 25.1 Å². The normalized spacial score (nSPS) is 16.3. The standard InChI is InChI=1S/C16H17NO6/c1-9(18)10-5-6-13(21-4)12(7-10)17-8-11-14(19)22-16(2,3)23-15(11)20/h5-8,17H,1-4H3. The van der Waals surface area contributed by atoms with Gasteiger partial charge in [0.2, 0.25) is 0 Å². The van der Waals surface area contributed by atoms with Crippen LogP contribution in [0.25, 0.3) is 0 Å². The molecule has 0 saturated carbocycles. The maximum Gasteiger partial charge on any atom is 0.350 e. The maximum absolute atomic E-state index is 11.9. The Morgan fingerprint density at radius 1 is 1.22 bits per heavy atom. The van der Waals surface area contributed by atoms with E-state index >= 15 is 0 Å². The van der Waals surface area contributed by atoms with Gasteiger partial charge in [0, 0.05) is 25.6 Å². The zero-order valence-electron chi connectivity index (χ0n) is 13.3. The second-order valence-electron chi connectivity index (χ2n) is 5.35. The van der Waals surface area contributed by atoms with Crippen molar-refractivity contribution in [1.29, 1.82) is 0 Å². The number of rotatable bonds is 4. The molecular formula is C16H17NO6. The molecule has 0 bridgehead atoms. The van der Waals surface area contributed by atoms with Crippen LogP contribution in [0.4, 0.5) is 5.69 Å². The van der Waals surface area contributed by atoms with Crippen molar-refractivity contribution in [2.45, 2.75) is 26.6 Å². The zero-order chi connectivity index (χ0) is 17.2. The Hall–Kier alpha value is -2.83. The highest BCUT2D eigenvalue weighted by atomic mass is 16.7. The van der Waals surface area contributed by atoms with Gasteiger partial charge in [-0.1, -0.05) is 0 Å². The molecule has 2 rings (SSSR count). The molecule has 0 amide bonds. The summed E-state index contributed by atoms with van der Waals surface area (Å²) >= 11 is 0. The monoisotopic (exact) mass is 319 g/mol. The van der Waals surface area contributed by atoms with Crippen LogP contribution in [0.1, 0.15) is 31.1 Å². The number of nitrogens with one attached hydrogen (secondary N) is 1. The number of cyclic esters (lactones) is 2. The summed E-state index contributed by atoms with van der Waals surface area (Å²) in [5.41, 5.74) is 0.611. The third kappa shape index (κ3) is 3.68. The molecule has 0 radical (unpaired) electrons. The highest BCUT2D eigenvalue weighted by Gasteiger charge is 2.38. The summed E-state index contributed by atoms with van der Waals surface area (Å²) in [4.78, 5) is 35.2. The minimum atomic E-state index is -1.29. The molecule has 1 aromatic carbocycles. The number of hydrogen-bond acceptors (Lipinski definition) is 7. The molecule has 7 heteroatoms. The van der Waals surface area contributed by atoms with Gasteiger partial charge in [-0.15, -0.1) is 0 Å². The Morgan fingerprint density at radius 2 is 1.83 bits per heavy atom. The molecule has 122 valence electrons. The van der Waals surface area contributed by atoms with Gasteiger partial charge in [-0.25, -0.2) is 9.59 Å². The Morgan fingerprint density at radius 3 is 2.35 bits per heavy atom. The number of ether oxygens (including phenoxy) is 3. The van der Waals surface area contributed by atoms with Gasteiger partial charge in [0.15, 0.2) is 11.4 Å². The first-order valence-electron chi connectivity index (χ1n) is 6.86. The highest BCUT2D eigenvalue weighted by Crippen LogP contribution is 2.27. The van der Waals surface area contributed by atoms with E-state index in [0.717, 1.165) is 0 Å². The van der Waals surface area contributed by atoms with E-state index < -0.39 is 17.7 Å². The van der Waals surface area contributed by atoms with Crippen molar-refractivity contribution >= 4 is 23.4 Å². The fraction of sp³-hybridized carbons (Fsp3) is 0.312. The van der Waals surface area contributed by atoms with E-state index in [2.05, 4.69) is 5.32 Å². The van der Waals surface area contributed by atoms with E-state index in [0.29, 0.717) is 17.0 Å². The molecule has 0 aliphatic carbocycles. The number of hydrogen-bond donors (Lipinski definition) is 1. The van der Waals surface area contributed by atoms with Crippen LogP contribution in [-0.2, 0) is 19.1 Å². The number of ketones is 1. The van der Waals surface area contributed by atoms with Gasteiger partial charge in [0.05, 0.1) is 12.8 Å². The summed E-state index contributed by atoms with van der Waals surface area (Å²) < 4.78 is 15.1. The summed E-state index contributed by atoms with van der Waals surface area (Å²) in [5, 5.41) is 2.78. The molecule has 23 heavy (non-hydrogen) atoms. The minimum absolute atomic E-state index is 0.124. The van der Waals surface area contributed by atoms with E-state index in [-0.39, 0.29) is 11.4 Å². The fourth-order valence-corrected chi connectivity index (χ4v) is 1.97. The van der Waals surface area contributed by atoms with Crippen LogP contribution in [-0.4, -0.2) is 30.6 Å². The van der Waals surface area contributed by atoms with Crippen LogP contribution in [0.5, 0.6) is 5.75 Å². The summed E-state index contributed by atoms with van der Waals surface area (Å²) in [5.74, 6) is -2.55. The lowest BCUT2D eigenvalue weighted by Crippen LogP contribution is -2.42. The van der Waals surface area contributed by atoms with Gasteiger partial charge < -0.3 is 19.5 Å². The lowest BCUT2D eigenvalue weighted by atomic mass is 10.1. The van der Waals surface area contributed by atoms with Crippen molar-refractivity contribution < 1.29 is 28.6 Å². The van der Waals surface area contributed by atoms with Crippen LogP contribution in [0.15, 0.2) is 30.0 Å². The first-order chi connectivity index (χ1) is 10.7. The highest BCUT2D eigenvalue weighted by molar-refractivity contribution is 6.15. The average Bonchev–Trinajstić information content (AvgIpc) is 2.44. The second-order valence-corrected chi connectivity index (χ2v) is 5.35. The Balaban J connectivity index is 2.29. The first kappa shape index (κ1) is 16.5. The van der Waals surface area contributed by atoms with Crippen molar-refractivity contribution in [3.63, 3.8) is 0 Å². The fourth-order valence-electron chi connectivity index (χ4n) is 1.97. The third-order valence-corrected chi connectivity index (χ3v) is 3.09. The Bertz CT molecular complexity index is 683. The average molecular weight is 319 g/mol. The number of benzene rings is 1. The lowest BCUT2D eigenvalue weighted by molar-refractivity contribution is -0.222. The number of esters is 2. The first-order valence-corrected chi connectivity index (χ1v) is 6.86. The van der Waals surface area contributed by atoms with E-state index in [4.69, 9.17) is 14.2 Å². The molecule has 1 heterocycles. The quantitative estimate of drug-likeness (QED) is 0.393. The number of methoxy groups -OCH3 is 1. The molecule has 0 spiro atoms. The predicted octanol–water partition coefficient (Wildman–Crippen LogP) is 2.03. The van der Waals surface area contributed by atoms with Crippen molar-refractivity contribution in [2.24, 2.45) is 0 Å². The third-order valence-electron chi connectivity index (χ3n) is 3.09. The Labute approximate surface area is 133 Å². The molecule has 0 unspecified atom stereocenters. The van der Waals surface area contributed by atoms with Crippen molar-refractivity contribution in [1.82, 2.24) is 0 Å². The molecule has 1 fully saturated rings. The summed E-state index contributed by atoms with van der Waals surface area (Å²) in [6.07, 6.45) is 1.17. The minimum Gasteiger partial charge on any atom is -0.495 e. The van der Waals surface area contributed by atoms with Crippen LogP contribution < -0.4 is 10.1 Å². The smallest absolute Gasteiger partial charge is 0.350 e. The van der Waals surface area contributed by atoms with Crippen LogP contribution in [0, 0.1) is 0 Å². The molecule has 1 aliphatic rings. The Kier molecular flexibility index (Phi) is 4.40. The van der Waals surface area contributed by atoms with Crippen molar-refractivity contribution in [3.05, 3.63) is 35.5 Å². The van der Waals surface area contributed by atoms with Gasteiger partial charge in [0.25, 0.3) is 5.79 Å². The number of anilines is 1. The molecule has 0 aromatic heterocycles. The number of carbonyl (C=O) groups is 3. The molecule has 7 nitrogen and oxygen atoms in total. The molecule has 1 aliphatic heterocycles. The molecular weight excluding hydrogens is 302 g/mol. The van der Waals surface area contributed by atoms with E-state index in [9.17, 15) is 14.4 Å². The van der Waals surface area contributed by atoms with Crippen LogP contribution in [0.3, 0.4) is 0 Å². The largest absolute Gasteiger partial charge is 0.495 e. The maximum atomic E-state index is 11.9. The van der Waals surface area contributed by atoms with Gasteiger partial charge in [0.1, 0.15) is 5.75 Å². The lowest BCUT2D eigenvalue weighted by Gasteiger charge is -2.29. The van der Waals surface area contributed by atoms with E-state index in [1.807, 2.05) is 0 Å². The molecule has 1 saturated heterocycles. The molecule has 0 atom stereocenters. The SMILES string of the molecule is COc1ccc(C(C)=O)cc1NC=C1C(=O)OC(C)(C)OC1=O. The summed E-state index contributed by atoms with van der Waals surface area (Å²) in [6.45, 7) is 4.36. The topological polar surface area (TPSA) is 90.9 Å². The second kappa shape index (κ2) is 6.12. The zero-order valence-corrected chi connectivity index (χ0v) is 13.3. The van der Waals surface area contributed by atoms with Gasteiger partial charge >= 0.3 is 11.9 Å². The van der Waals surface area contributed by atoms with E-state index in [1.165, 1.54) is 34.1 Å². The number of carbonyl (C=O) groups excluding carboxylic acids is 3. The predicted molar refractivity (Wildman–Crippen MR) is 81.0 cm³/mol. The van der Waals surface area contributed by atoms with Crippen LogP contribution in [0.2, 0.25) is 0 Å². The van der Waals surface area contributed by atoms with Crippen molar-refractivity contribution in [3.8, 4) is 5.75 Å². The van der Waals surface area contributed by atoms with Gasteiger partial charge in [-0.3, -0.25) is 4.79 Å².